The first-order chi connectivity index (χ1) is 12.5. The number of halogens is 1. The van der Waals surface area contributed by atoms with E-state index in [-0.39, 0.29) is 30.9 Å². The molecule has 6 nitrogen and oxygen atoms in total. The third-order valence-electron chi connectivity index (χ3n) is 3.84. The molecule has 0 radical (unpaired) electrons. The quantitative estimate of drug-likeness (QED) is 0.502. The minimum atomic E-state index is -0.514. The Morgan fingerprint density at radius 3 is 2.81 bits per heavy atom. The van der Waals surface area contributed by atoms with Crippen LogP contribution in [0.4, 0.5) is 4.39 Å². The van der Waals surface area contributed by atoms with Crippen molar-refractivity contribution in [1.82, 2.24) is 14.8 Å². The molecule has 7 heteroatoms. The fraction of sp³-hybridized carbons (Fsp3) is 0.263. The van der Waals surface area contributed by atoms with E-state index in [1.54, 1.807) is 44.3 Å². The lowest BCUT2D eigenvalue weighted by atomic mass is 10.0. The Hall–Kier alpha value is -3.09. The summed E-state index contributed by atoms with van der Waals surface area (Å²) in [5.41, 5.74) is 1.72. The van der Waals surface area contributed by atoms with Gasteiger partial charge in [0.25, 0.3) is 0 Å². The number of rotatable bonds is 6. The maximum Gasteiger partial charge on any atom is 0.327 e. The molecule has 0 aliphatic rings. The SMILES string of the molecule is CCOC(=O)Cn1cc2cc(CC(=O)c3cccc(C)n3)c(F)cc2n1. The van der Waals surface area contributed by atoms with Crippen molar-refractivity contribution in [3.8, 4) is 0 Å². The van der Waals surface area contributed by atoms with Crippen molar-refractivity contribution < 1.29 is 18.7 Å². The van der Waals surface area contributed by atoms with Crippen LogP contribution in [0.1, 0.15) is 28.7 Å². The number of esters is 1. The average molecular weight is 355 g/mol. The van der Waals surface area contributed by atoms with Crippen LogP contribution in [0, 0.1) is 12.7 Å². The predicted octanol–water partition coefficient (Wildman–Crippen LogP) is 2.87. The average Bonchev–Trinajstić information content (AvgIpc) is 2.96. The Balaban J connectivity index is 1.84. The second kappa shape index (κ2) is 7.43. The molecule has 0 saturated carbocycles. The number of Topliss-reactive ketones (excluding diaryl/α,β-unsaturated/α-hetero) is 1. The number of fused-ring (bicyclic) bond motifs is 1. The highest BCUT2D eigenvalue weighted by molar-refractivity contribution is 5.96. The van der Waals surface area contributed by atoms with Crippen molar-refractivity contribution in [2.24, 2.45) is 0 Å². The highest BCUT2D eigenvalue weighted by Crippen LogP contribution is 2.20. The number of hydrogen-bond donors (Lipinski definition) is 0. The highest BCUT2D eigenvalue weighted by atomic mass is 19.1. The van der Waals surface area contributed by atoms with Crippen LogP contribution in [0.25, 0.3) is 10.9 Å². The van der Waals surface area contributed by atoms with Gasteiger partial charge in [0.2, 0.25) is 0 Å². The van der Waals surface area contributed by atoms with E-state index in [2.05, 4.69) is 10.1 Å². The fourth-order valence-electron chi connectivity index (χ4n) is 2.66. The number of aromatic nitrogens is 3. The Morgan fingerprint density at radius 2 is 2.08 bits per heavy atom. The van der Waals surface area contributed by atoms with E-state index in [0.717, 1.165) is 5.69 Å². The third-order valence-corrected chi connectivity index (χ3v) is 3.84. The number of carbonyl (C=O) groups is 2. The summed E-state index contributed by atoms with van der Waals surface area (Å²) in [7, 11) is 0. The van der Waals surface area contributed by atoms with E-state index >= 15 is 0 Å². The fourth-order valence-corrected chi connectivity index (χ4v) is 2.66. The number of benzene rings is 1. The van der Waals surface area contributed by atoms with Gasteiger partial charge in [0.15, 0.2) is 5.78 Å². The van der Waals surface area contributed by atoms with Crippen LogP contribution in [-0.2, 0) is 22.5 Å². The molecule has 0 unspecified atom stereocenters. The zero-order valence-electron chi connectivity index (χ0n) is 14.5. The van der Waals surface area contributed by atoms with Gasteiger partial charge < -0.3 is 4.74 Å². The van der Waals surface area contributed by atoms with Gasteiger partial charge in [-0.3, -0.25) is 19.3 Å². The van der Waals surface area contributed by atoms with E-state index in [1.165, 1.54) is 10.7 Å². The molecule has 0 bridgehead atoms. The maximum atomic E-state index is 14.4. The molecular formula is C19H18FN3O3. The zero-order chi connectivity index (χ0) is 18.7. The molecular weight excluding hydrogens is 337 g/mol. The van der Waals surface area contributed by atoms with Crippen LogP contribution in [-0.4, -0.2) is 33.1 Å². The first kappa shape index (κ1) is 17.7. The normalized spacial score (nSPS) is 10.9. The van der Waals surface area contributed by atoms with Crippen molar-refractivity contribution in [1.29, 1.82) is 0 Å². The van der Waals surface area contributed by atoms with Crippen LogP contribution < -0.4 is 0 Å². The molecule has 3 aromatic rings. The standard InChI is InChI=1S/C19H18FN3O3/c1-3-26-19(25)11-23-10-14-7-13(15(20)9-17(14)22-23)8-18(24)16-6-4-5-12(2)21-16/h4-7,9-10H,3,8,11H2,1-2H3. The smallest absolute Gasteiger partial charge is 0.327 e. The van der Waals surface area contributed by atoms with E-state index in [1.807, 2.05) is 0 Å². The number of hydrogen-bond acceptors (Lipinski definition) is 5. The summed E-state index contributed by atoms with van der Waals surface area (Å²) in [6, 6.07) is 8.00. The Labute approximate surface area is 149 Å². The molecule has 1 aromatic carbocycles. The number of ether oxygens (including phenoxy) is 1. The van der Waals surface area contributed by atoms with Gasteiger partial charge in [0, 0.05) is 29.8 Å². The van der Waals surface area contributed by atoms with Crippen molar-refractivity contribution >= 4 is 22.7 Å². The molecule has 2 heterocycles. The van der Waals surface area contributed by atoms with Crippen molar-refractivity contribution in [3.05, 3.63) is 59.3 Å². The first-order valence-corrected chi connectivity index (χ1v) is 8.24. The number of ketones is 1. The Morgan fingerprint density at radius 1 is 1.27 bits per heavy atom. The summed E-state index contributed by atoms with van der Waals surface area (Å²) in [5.74, 6) is -1.19. The summed E-state index contributed by atoms with van der Waals surface area (Å²) in [4.78, 5) is 28.1. The first-order valence-electron chi connectivity index (χ1n) is 8.24. The van der Waals surface area contributed by atoms with Gasteiger partial charge in [-0.25, -0.2) is 4.39 Å². The van der Waals surface area contributed by atoms with Gasteiger partial charge in [-0.2, -0.15) is 5.10 Å². The lowest BCUT2D eigenvalue weighted by Gasteiger charge is -2.03. The highest BCUT2D eigenvalue weighted by Gasteiger charge is 2.15. The van der Waals surface area contributed by atoms with Crippen LogP contribution >= 0.6 is 0 Å². The summed E-state index contributed by atoms with van der Waals surface area (Å²) in [6.45, 7) is 3.75. The molecule has 0 saturated heterocycles. The summed E-state index contributed by atoms with van der Waals surface area (Å²) >= 11 is 0. The number of carbonyl (C=O) groups excluding carboxylic acids is 2. The maximum absolute atomic E-state index is 14.4. The molecule has 2 aromatic heterocycles. The molecule has 0 spiro atoms. The van der Waals surface area contributed by atoms with Gasteiger partial charge in [-0.15, -0.1) is 0 Å². The van der Waals surface area contributed by atoms with Crippen LogP contribution in [0.3, 0.4) is 0 Å². The van der Waals surface area contributed by atoms with Crippen molar-refractivity contribution in [2.75, 3.05) is 6.61 Å². The lowest BCUT2D eigenvalue weighted by Crippen LogP contribution is -2.13. The number of pyridine rings is 1. The second-order valence-electron chi connectivity index (χ2n) is 5.90. The van der Waals surface area contributed by atoms with Gasteiger partial charge in [-0.05, 0) is 37.6 Å². The molecule has 0 N–H and O–H groups in total. The predicted molar refractivity (Wildman–Crippen MR) is 93.3 cm³/mol. The van der Waals surface area contributed by atoms with E-state index in [0.29, 0.717) is 16.6 Å². The second-order valence-corrected chi connectivity index (χ2v) is 5.90. The van der Waals surface area contributed by atoms with Gasteiger partial charge in [0.1, 0.15) is 18.1 Å². The van der Waals surface area contributed by atoms with E-state index in [9.17, 15) is 14.0 Å². The van der Waals surface area contributed by atoms with Crippen LogP contribution in [0.5, 0.6) is 0 Å². The van der Waals surface area contributed by atoms with Gasteiger partial charge in [0.05, 0.1) is 12.1 Å². The molecule has 0 amide bonds. The summed E-state index contributed by atoms with van der Waals surface area (Å²) in [6.07, 6.45) is 1.53. The topological polar surface area (TPSA) is 74.1 Å². The van der Waals surface area contributed by atoms with E-state index < -0.39 is 11.8 Å². The van der Waals surface area contributed by atoms with Crippen molar-refractivity contribution in [2.45, 2.75) is 26.8 Å². The Bertz CT molecular complexity index is 981. The summed E-state index contributed by atoms with van der Waals surface area (Å²) < 4.78 is 20.6. The molecule has 26 heavy (non-hydrogen) atoms. The van der Waals surface area contributed by atoms with E-state index in [4.69, 9.17) is 4.74 Å². The van der Waals surface area contributed by atoms with Gasteiger partial charge in [-0.1, -0.05) is 6.07 Å². The molecule has 0 atom stereocenters. The largest absolute Gasteiger partial charge is 0.465 e. The van der Waals surface area contributed by atoms with Crippen molar-refractivity contribution in [3.63, 3.8) is 0 Å². The molecule has 3 rings (SSSR count). The molecule has 0 aliphatic heterocycles. The zero-order valence-corrected chi connectivity index (χ0v) is 14.5. The third kappa shape index (κ3) is 3.93. The minimum absolute atomic E-state index is 0.0500. The van der Waals surface area contributed by atoms with Crippen LogP contribution in [0.2, 0.25) is 0 Å². The number of nitrogens with zero attached hydrogens (tertiary/aromatic N) is 3. The molecule has 0 fully saturated rings. The lowest BCUT2D eigenvalue weighted by molar-refractivity contribution is -0.144. The molecule has 0 aliphatic carbocycles. The van der Waals surface area contributed by atoms with Gasteiger partial charge >= 0.3 is 5.97 Å². The Kier molecular flexibility index (Phi) is 5.06. The monoisotopic (exact) mass is 355 g/mol. The summed E-state index contributed by atoms with van der Waals surface area (Å²) in [5, 5.41) is 4.81. The van der Waals surface area contributed by atoms with Crippen LogP contribution in [0.15, 0.2) is 36.5 Å². The molecule has 134 valence electrons. The minimum Gasteiger partial charge on any atom is -0.465 e. The number of aryl methyl sites for hydroxylation is 1.